The number of benzene rings is 2. The highest BCUT2D eigenvalue weighted by molar-refractivity contribution is 5.71. The maximum absolute atomic E-state index is 13.3. The molecule has 0 N–H and O–H groups in total. The molecule has 21 heavy (non-hydrogen) atoms. The molecule has 0 nitrogen and oxygen atoms in total. The zero-order valence-corrected chi connectivity index (χ0v) is 12.1. The van der Waals surface area contributed by atoms with Crippen LogP contribution in [0.4, 0.5) is 4.39 Å². The summed E-state index contributed by atoms with van der Waals surface area (Å²) in [7, 11) is 0. The zero-order valence-electron chi connectivity index (χ0n) is 12.1. The third-order valence-electron chi connectivity index (χ3n) is 4.94. The van der Waals surface area contributed by atoms with E-state index in [0.29, 0.717) is 0 Å². The topological polar surface area (TPSA) is 0 Å². The summed E-state index contributed by atoms with van der Waals surface area (Å²) >= 11 is 0. The molecule has 0 amide bonds. The summed E-state index contributed by atoms with van der Waals surface area (Å²) in [5.74, 6) is -0.167. The Balaban J connectivity index is 1.91. The SMILES string of the molecule is CC1=CCC2(c3ccc(F)cc3)Cc3ccccc3C=C12. The van der Waals surface area contributed by atoms with Crippen LogP contribution >= 0.6 is 0 Å². The lowest BCUT2D eigenvalue weighted by atomic mass is 9.66. The van der Waals surface area contributed by atoms with Gasteiger partial charge in [0.2, 0.25) is 0 Å². The van der Waals surface area contributed by atoms with Crippen LogP contribution in [-0.2, 0) is 11.8 Å². The van der Waals surface area contributed by atoms with E-state index in [1.807, 2.05) is 12.1 Å². The van der Waals surface area contributed by atoms with Crippen LogP contribution in [0.5, 0.6) is 0 Å². The second-order valence-electron chi connectivity index (χ2n) is 6.11. The number of hydrogen-bond acceptors (Lipinski definition) is 0. The second kappa shape index (κ2) is 4.42. The van der Waals surface area contributed by atoms with E-state index in [2.05, 4.69) is 43.3 Å². The summed E-state index contributed by atoms with van der Waals surface area (Å²) in [6.07, 6.45) is 6.64. The van der Waals surface area contributed by atoms with Crippen LogP contribution in [-0.4, -0.2) is 0 Å². The predicted octanol–water partition coefficient (Wildman–Crippen LogP) is 5.05. The Morgan fingerprint density at radius 1 is 1.00 bits per heavy atom. The van der Waals surface area contributed by atoms with Crippen molar-refractivity contribution in [2.75, 3.05) is 0 Å². The molecule has 0 spiro atoms. The molecule has 1 unspecified atom stereocenters. The van der Waals surface area contributed by atoms with E-state index in [1.54, 1.807) is 12.1 Å². The van der Waals surface area contributed by atoms with Crippen LogP contribution in [0.25, 0.3) is 6.08 Å². The number of fused-ring (bicyclic) bond motifs is 2. The first-order chi connectivity index (χ1) is 10.2. The maximum atomic E-state index is 13.3. The average Bonchev–Trinajstić information content (AvgIpc) is 2.83. The molecule has 0 fully saturated rings. The van der Waals surface area contributed by atoms with Crippen molar-refractivity contribution in [3.63, 3.8) is 0 Å². The zero-order chi connectivity index (χ0) is 14.4. The van der Waals surface area contributed by atoms with Crippen LogP contribution in [0.15, 0.2) is 65.8 Å². The van der Waals surface area contributed by atoms with Gasteiger partial charge in [-0.15, -0.1) is 0 Å². The van der Waals surface area contributed by atoms with Crippen molar-refractivity contribution in [2.24, 2.45) is 0 Å². The second-order valence-corrected chi connectivity index (χ2v) is 6.11. The summed E-state index contributed by atoms with van der Waals surface area (Å²) in [5, 5.41) is 0. The highest BCUT2D eigenvalue weighted by Gasteiger charge is 2.42. The Morgan fingerprint density at radius 2 is 1.76 bits per heavy atom. The molecule has 1 atom stereocenters. The molecule has 0 heterocycles. The maximum Gasteiger partial charge on any atom is 0.123 e. The lowest BCUT2D eigenvalue weighted by Crippen LogP contribution is -2.31. The number of halogens is 1. The number of rotatable bonds is 1. The number of allylic oxidation sites excluding steroid dienone is 3. The van der Waals surface area contributed by atoms with Crippen molar-refractivity contribution in [1.29, 1.82) is 0 Å². The van der Waals surface area contributed by atoms with Crippen LogP contribution < -0.4 is 0 Å². The summed E-state index contributed by atoms with van der Waals surface area (Å²) in [4.78, 5) is 0. The highest BCUT2D eigenvalue weighted by atomic mass is 19.1. The molecule has 2 aromatic carbocycles. The van der Waals surface area contributed by atoms with Crippen molar-refractivity contribution in [3.05, 3.63) is 88.3 Å². The van der Waals surface area contributed by atoms with E-state index in [4.69, 9.17) is 0 Å². The smallest absolute Gasteiger partial charge is 0.123 e. The van der Waals surface area contributed by atoms with Crippen LogP contribution in [0.2, 0.25) is 0 Å². The largest absolute Gasteiger partial charge is 0.207 e. The minimum absolute atomic E-state index is 0.00780. The van der Waals surface area contributed by atoms with Gasteiger partial charge in [0.05, 0.1) is 0 Å². The summed E-state index contributed by atoms with van der Waals surface area (Å²) in [5.41, 5.74) is 6.67. The minimum atomic E-state index is -0.167. The van der Waals surface area contributed by atoms with Crippen LogP contribution in [0, 0.1) is 5.82 Å². The summed E-state index contributed by atoms with van der Waals surface area (Å²) < 4.78 is 13.3. The van der Waals surface area contributed by atoms with E-state index in [9.17, 15) is 4.39 Å². The third-order valence-corrected chi connectivity index (χ3v) is 4.94. The van der Waals surface area contributed by atoms with Crippen molar-refractivity contribution in [3.8, 4) is 0 Å². The van der Waals surface area contributed by atoms with Crippen molar-refractivity contribution >= 4 is 6.08 Å². The van der Waals surface area contributed by atoms with Gasteiger partial charge < -0.3 is 0 Å². The van der Waals surface area contributed by atoms with Gasteiger partial charge in [0, 0.05) is 5.41 Å². The Kier molecular flexibility index (Phi) is 2.65. The fraction of sp³-hybridized carbons (Fsp3) is 0.200. The standard InChI is InChI=1S/C20H17F/c1-14-10-11-20(17-6-8-18(21)9-7-17)13-16-5-3-2-4-15(16)12-19(14)20/h2-10,12H,11,13H2,1H3. The lowest BCUT2D eigenvalue weighted by Gasteiger charge is -2.36. The fourth-order valence-electron chi connectivity index (χ4n) is 3.80. The highest BCUT2D eigenvalue weighted by Crippen LogP contribution is 2.50. The first-order valence-electron chi connectivity index (χ1n) is 7.42. The molecule has 0 saturated carbocycles. The van der Waals surface area contributed by atoms with Gasteiger partial charge in [0.1, 0.15) is 5.82 Å². The molecule has 2 aliphatic carbocycles. The Hall–Kier alpha value is -2.15. The summed E-state index contributed by atoms with van der Waals surface area (Å²) in [6, 6.07) is 15.6. The molecule has 4 rings (SSSR count). The van der Waals surface area contributed by atoms with E-state index < -0.39 is 0 Å². The third kappa shape index (κ3) is 1.80. The Labute approximate surface area is 124 Å². The molecule has 0 aliphatic heterocycles. The molecule has 104 valence electrons. The van der Waals surface area contributed by atoms with Gasteiger partial charge in [-0.3, -0.25) is 0 Å². The minimum Gasteiger partial charge on any atom is -0.207 e. The van der Waals surface area contributed by atoms with Crippen molar-refractivity contribution in [1.82, 2.24) is 0 Å². The quantitative estimate of drug-likeness (QED) is 0.683. The van der Waals surface area contributed by atoms with E-state index in [-0.39, 0.29) is 11.2 Å². The summed E-state index contributed by atoms with van der Waals surface area (Å²) in [6.45, 7) is 2.19. The van der Waals surface area contributed by atoms with Crippen molar-refractivity contribution < 1.29 is 4.39 Å². The average molecular weight is 276 g/mol. The monoisotopic (exact) mass is 276 g/mol. The number of hydrogen-bond donors (Lipinski definition) is 0. The molecular weight excluding hydrogens is 259 g/mol. The van der Waals surface area contributed by atoms with Crippen LogP contribution in [0.3, 0.4) is 0 Å². The molecule has 0 bridgehead atoms. The van der Waals surface area contributed by atoms with Crippen LogP contribution in [0.1, 0.15) is 30.0 Å². The predicted molar refractivity (Wildman–Crippen MR) is 84.6 cm³/mol. The molecule has 0 saturated heterocycles. The Bertz CT molecular complexity index is 765. The normalized spacial score (nSPS) is 23.1. The van der Waals surface area contributed by atoms with Crippen molar-refractivity contribution in [2.45, 2.75) is 25.2 Å². The van der Waals surface area contributed by atoms with Gasteiger partial charge in [-0.25, -0.2) is 4.39 Å². The van der Waals surface area contributed by atoms with Gasteiger partial charge in [-0.1, -0.05) is 54.1 Å². The van der Waals surface area contributed by atoms with E-state index >= 15 is 0 Å². The van der Waals surface area contributed by atoms with Gasteiger partial charge in [0.25, 0.3) is 0 Å². The first kappa shape index (κ1) is 12.6. The molecule has 2 aromatic rings. The molecule has 0 radical (unpaired) electrons. The lowest BCUT2D eigenvalue weighted by molar-refractivity contribution is 0.526. The molecule has 2 aliphatic rings. The van der Waals surface area contributed by atoms with Gasteiger partial charge in [-0.05, 0) is 54.2 Å². The molecule has 1 heteroatoms. The molecular formula is C20H17F. The van der Waals surface area contributed by atoms with Gasteiger partial charge >= 0.3 is 0 Å². The van der Waals surface area contributed by atoms with Gasteiger partial charge in [-0.2, -0.15) is 0 Å². The van der Waals surface area contributed by atoms with E-state index in [1.165, 1.54) is 27.8 Å². The fourth-order valence-corrected chi connectivity index (χ4v) is 3.80. The van der Waals surface area contributed by atoms with E-state index in [0.717, 1.165) is 12.8 Å². The Morgan fingerprint density at radius 3 is 2.57 bits per heavy atom. The van der Waals surface area contributed by atoms with Gasteiger partial charge in [0.15, 0.2) is 0 Å². The first-order valence-corrected chi connectivity index (χ1v) is 7.42. The molecule has 0 aromatic heterocycles.